The second-order valence-electron chi connectivity index (χ2n) is 6.34. The summed E-state index contributed by atoms with van der Waals surface area (Å²) in [5.41, 5.74) is 2.94. The molecular weight excluding hydrogens is 366 g/mol. The van der Waals surface area contributed by atoms with Crippen molar-refractivity contribution < 1.29 is 14.3 Å². The summed E-state index contributed by atoms with van der Waals surface area (Å²) >= 11 is 0. The second-order valence-corrected chi connectivity index (χ2v) is 6.34. The number of rotatable bonds is 8. The third kappa shape index (κ3) is 5.90. The number of ether oxygens (including phenoxy) is 1. The molecule has 148 valence electrons. The lowest BCUT2D eigenvalue weighted by Gasteiger charge is -2.09. The zero-order valence-electron chi connectivity index (χ0n) is 16.2. The molecule has 29 heavy (non-hydrogen) atoms. The summed E-state index contributed by atoms with van der Waals surface area (Å²) in [5, 5.41) is 6.06. The first-order valence-corrected chi connectivity index (χ1v) is 9.48. The van der Waals surface area contributed by atoms with E-state index in [4.69, 9.17) is 4.74 Å². The van der Waals surface area contributed by atoms with Gasteiger partial charge in [-0.05, 0) is 55.3 Å². The molecule has 3 rings (SSSR count). The Balaban J connectivity index is 1.57. The zero-order valence-corrected chi connectivity index (χ0v) is 16.2. The molecule has 1 heterocycles. The molecule has 0 aliphatic carbocycles. The average molecular weight is 389 g/mol. The normalized spacial score (nSPS) is 10.2. The lowest BCUT2D eigenvalue weighted by atomic mass is 10.1. The molecule has 2 N–H and O–H groups in total. The Hall–Kier alpha value is -3.67. The molecule has 1 aromatic heterocycles. The fourth-order valence-corrected chi connectivity index (χ4v) is 2.76. The number of nitrogens with one attached hydrogen (secondary N) is 2. The van der Waals surface area contributed by atoms with E-state index in [2.05, 4.69) is 15.6 Å². The van der Waals surface area contributed by atoms with Crippen LogP contribution in [0.2, 0.25) is 0 Å². The van der Waals surface area contributed by atoms with Crippen LogP contribution in [0.4, 0.5) is 11.5 Å². The van der Waals surface area contributed by atoms with Crippen molar-refractivity contribution in [3.8, 4) is 0 Å². The van der Waals surface area contributed by atoms with E-state index in [9.17, 15) is 9.59 Å². The molecule has 1 amide bonds. The summed E-state index contributed by atoms with van der Waals surface area (Å²) in [5.74, 6) is 0.0416. The fraction of sp³-hybridized carbons (Fsp3) is 0.174. The molecule has 3 aromatic rings. The van der Waals surface area contributed by atoms with Crippen molar-refractivity contribution in [1.82, 2.24) is 10.3 Å². The Bertz CT molecular complexity index is 957. The van der Waals surface area contributed by atoms with Gasteiger partial charge in [-0.3, -0.25) is 4.79 Å². The van der Waals surface area contributed by atoms with Crippen LogP contribution in [0.25, 0.3) is 0 Å². The van der Waals surface area contributed by atoms with Crippen molar-refractivity contribution in [1.29, 1.82) is 0 Å². The van der Waals surface area contributed by atoms with Gasteiger partial charge in [-0.2, -0.15) is 0 Å². The number of hydrogen-bond acceptors (Lipinski definition) is 5. The maximum Gasteiger partial charge on any atom is 0.338 e. The summed E-state index contributed by atoms with van der Waals surface area (Å²) in [6.07, 6.45) is 2.36. The van der Waals surface area contributed by atoms with Crippen LogP contribution in [0.1, 0.15) is 33.2 Å². The van der Waals surface area contributed by atoms with Gasteiger partial charge in [-0.25, -0.2) is 9.78 Å². The molecule has 0 spiro atoms. The number of aromatic nitrogens is 1. The summed E-state index contributed by atoms with van der Waals surface area (Å²) in [4.78, 5) is 28.4. The van der Waals surface area contributed by atoms with E-state index in [1.807, 2.05) is 30.3 Å². The fourth-order valence-electron chi connectivity index (χ4n) is 2.76. The van der Waals surface area contributed by atoms with Gasteiger partial charge in [-0.1, -0.05) is 30.3 Å². The minimum Gasteiger partial charge on any atom is -0.462 e. The molecule has 0 saturated heterocycles. The van der Waals surface area contributed by atoms with Gasteiger partial charge < -0.3 is 15.4 Å². The SMILES string of the molecule is CCOC(=O)c1ccc(Nc2cc(C(=O)NCCc3ccccc3)ccn2)cc1. The van der Waals surface area contributed by atoms with Crippen molar-refractivity contribution >= 4 is 23.4 Å². The number of esters is 1. The van der Waals surface area contributed by atoms with E-state index in [1.54, 1.807) is 49.5 Å². The number of nitrogens with zero attached hydrogens (tertiary/aromatic N) is 1. The maximum absolute atomic E-state index is 12.4. The standard InChI is InChI=1S/C23H23N3O3/c1-2-29-23(28)18-8-10-20(11-9-18)26-21-16-19(13-15-24-21)22(27)25-14-12-17-6-4-3-5-7-17/h3-11,13,15-16H,2,12,14H2,1H3,(H,24,26)(H,25,27). The maximum atomic E-state index is 12.4. The first-order chi connectivity index (χ1) is 14.2. The summed E-state index contributed by atoms with van der Waals surface area (Å²) in [7, 11) is 0. The van der Waals surface area contributed by atoms with Crippen LogP contribution in [-0.2, 0) is 11.2 Å². The highest BCUT2D eigenvalue weighted by molar-refractivity contribution is 5.95. The molecule has 6 heteroatoms. The first-order valence-electron chi connectivity index (χ1n) is 9.48. The number of hydrogen-bond donors (Lipinski definition) is 2. The number of amides is 1. The van der Waals surface area contributed by atoms with Gasteiger partial charge in [0.05, 0.1) is 12.2 Å². The minimum absolute atomic E-state index is 0.149. The highest BCUT2D eigenvalue weighted by Crippen LogP contribution is 2.17. The highest BCUT2D eigenvalue weighted by atomic mass is 16.5. The third-order valence-corrected chi connectivity index (χ3v) is 4.23. The molecule has 0 atom stereocenters. The largest absolute Gasteiger partial charge is 0.462 e. The van der Waals surface area contributed by atoms with Gasteiger partial charge in [-0.15, -0.1) is 0 Å². The Morgan fingerprint density at radius 1 is 0.966 bits per heavy atom. The second kappa shape index (κ2) is 10.0. The Morgan fingerprint density at radius 3 is 2.45 bits per heavy atom. The predicted octanol–water partition coefficient (Wildman–Crippen LogP) is 3.97. The smallest absolute Gasteiger partial charge is 0.338 e. The summed E-state index contributed by atoms with van der Waals surface area (Å²) < 4.78 is 4.97. The van der Waals surface area contributed by atoms with Crippen LogP contribution in [0.3, 0.4) is 0 Å². The van der Waals surface area contributed by atoms with Gasteiger partial charge in [0.15, 0.2) is 0 Å². The molecule has 0 unspecified atom stereocenters. The van der Waals surface area contributed by atoms with E-state index in [1.165, 1.54) is 5.56 Å². The molecular formula is C23H23N3O3. The topological polar surface area (TPSA) is 80.3 Å². The van der Waals surface area contributed by atoms with Gasteiger partial charge in [0, 0.05) is 24.0 Å². The van der Waals surface area contributed by atoms with E-state index in [-0.39, 0.29) is 11.9 Å². The van der Waals surface area contributed by atoms with Crippen LogP contribution in [-0.4, -0.2) is 30.0 Å². The van der Waals surface area contributed by atoms with E-state index < -0.39 is 0 Å². The first kappa shape index (κ1) is 20.1. The average Bonchev–Trinajstić information content (AvgIpc) is 2.75. The Kier molecular flexibility index (Phi) is 6.95. The number of anilines is 2. The van der Waals surface area contributed by atoms with Gasteiger partial charge in [0.25, 0.3) is 5.91 Å². The van der Waals surface area contributed by atoms with Crippen molar-refractivity contribution in [3.05, 3.63) is 89.6 Å². The van der Waals surface area contributed by atoms with Crippen LogP contribution in [0.5, 0.6) is 0 Å². The third-order valence-electron chi connectivity index (χ3n) is 4.23. The molecule has 0 fully saturated rings. The van der Waals surface area contributed by atoms with Crippen LogP contribution >= 0.6 is 0 Å². The van der Waals surface area contributed by atoms with Crippen molar-refractivity contribution in [2.24, 2.45) is 0 Å². The predicted molar refractivity (Wildman–Crippen MR) is 112 cm³/mol. The molecule has 0 aliphatic heterocycles. The Morgan fingerprint density at radius 2 is 1.72 bits per heavy atom. The van der Waals surface area contributed by atoms with Crippen molar-refractivity contribution in [3.63, 3.8) is 0 Å². The summed E-state index contributed by atoms with van der Waals surface area (Å²) in [6.45, 7) is 2.66. The van der Waals surface area contributed by atoms with Gasteiger partial charge in [0.1, 0.15) is 5.82 Å². The molecule has 0 radical (unpaired) electrons. The number of benzene rings is 2. The monoisotopic (exact) mass is 389 g/mol. The van der Waals surface area contributed by atoms with E-state index in [0.717, 1.165) is 12.1 Å². The molecule has 0 aliphatic rings. The minimum atomic E-state index is -0.355. The number of pyridine rings is 1. The summed E-state index contributed by atoms with van der Waals surface area (Å²) in [6, 6.07) is 20.3. The van der Waals surface area contributed by atoms with Gasteiger partial charge in [0.2, 0.25) is 0 Å². The Labute approximate surface area is 169 Å². The molecule has 0 saturated carbocycles. The van der Waals surface area contributed by atoms with Crippen molar-refractivity contribution in [2.45, 2.75) is 13.3 Å². The van der Waals surface area contributed by atoms with Crippen LogP contribution < -0.4 is 10.6 Å². The molecule has 2 aromatic carbocycles. The quantitative estimate of drug-likeness (QED) is 0.570. The number of carbonyl (C=O) groups is 2. The molecule has 0 bridgehead atoms. The highest BCUT2D eigenvalue weighted by Gasteiger charge is 2.08. The lowest BCUT2D eigenvalue weighted by Crippen LogP contribution is -2.25. The van der Waals surface area contributed by atoms with E-state index in [0.29, 0.717) is 30.1 Å². The van der Waals surface area contributed by atoms with Crippen LogP contribution in [0, 0.1) is 0 Å². The van der Waals surface area contributed by atoms with Gasteiger partial charge >= 0.3 is 5.97 Å². The van der Waals surface area contributed by atoms with Crippen molar-refractivity contribution in [2.75, 3.05) is 18.5 Å². The number of carbonyl (C=O) groups excluding carboxylic acids is 2. The molecule has 6 nitrogen and oxygen atoms in total. The van der Waals surface area contributed by atoms with E-state index >= 15 is 0 Å². The lowest BCUT2D eigenvalue weighted by molar-refractivity contribution is 0.0526. The zero-order chi connectivity index (χ0) is 20.5. The van der Waals surface area contributed by atoms with Crippen LogP contribution in [0.15, 0.2) is 72.9 Å².